The van der Waals surface area contributed by atoms with E-state index in [9.17, 15) is 24.4 Å². The number of nitriles is 1. The van der Waals surface area contributed by atoms with Crippen molar-refractivity contribution >= 4 is 23.4 Å². The number of hydrogen-bond donors (Lipinski definition) is 2. The molecule has 5 aliphatic rings. The van der Waals surface area contributed by atoms with Crippen LogP contribution in [0.15, 0.2) is 11.6 Å². The average molecular weight is 550 g/mol. The molecule has 0 aromatic heterocycles. The van der Waals surface area contributed by atoms with E-state index in [1.807, 2.05) is 19.9 Å². The number of hydrogen-bond acceptors (Lipinski definition) is 5. The van der Waals surface area contributed by atoms with Gasteiger partial charge in [0.1, 0.15) is 11.9 Å². The molecule has 4 fully saturated rings. The number of carbonyl (C=O) groups is 4. The van der Waals surface area contributed by atoms with Gasteiger partial charge in [-0.05, 0) is 83.9 Å². The summed E-state index contributed by atoms with van der Waals surface area (Å²) in [5.41, 5.74) is 3.84. The molecule has 0 radical (unpaired) electrons. The Balaban J connectivity index is 1.55. The topological polar surface area (TPSA) is 116 Å². The Labute approximate surface area is 239 Å². The lowest BCUT2D eigenvalue weighted by molar-refractivity contribution is -0.214. The summed E-state index contributed by atoms with van der Waals surface area (Å²) in [6, 6.07) is 2.19. The van der Waals surface area contributed by atoms with Crippen molar-refractivity contribution in [1.29, 1.82) is 5.26 Å². The number of nitrogens with zero attached hydrogens (tertiary/aromatic N) is 1. The van der Waals surface area contributed by atoms with Gasteiger partial charge in [0.05, 0.1) is 5.57 Å². The predicted octanol–water partition coefficient (Wildman–Crippen LogP) is 5.31. The molecule has 40 heavy (non-hydrogen) atoms. The van der Waals surface area contributed by atoms with Crippen LogP contribution >= 0.6 is 0 Å². The van der Waals surface area contributed by atoms with Gasteiger partial charge < -0.3 is 0 Å². The van der Waals surface area contributed by atoms with E-state index in [0.29, 0.717) is 12.2 Å². The Bertz CT molecular complexity index is 1240. The Hall–Kier alpha value is -2.49. The first-order chi connectivity index (χ1) is 18.4. The van der Waals surface area contributed by atoms with Gasteiger partial charge in [-0.25, -0.2) is 0 Å². The van der Waals surface area contributed by atoms with Crippen LogP contribution in [-0.2, 0) is 19.2 Å². The highest BCUT2D eigenvalue weighted by Gasteiger charge is 2.71. The van der Waals surface area contributed by atoms with Gasteiger partial charge in [-0.15, -0.1) is 0 Å². The molecule has 0 bridgehead atoms. The number of hydrazine groups is 1. The van der Waals surface area contributed by atoms with Crippen LogP contribution in [0, 0.1) is 73.9 Å². The molecule has 2 N–H and O–H groups in total. The van der Waals surface area contributed by atoms with E-state index in [2.05, 4.69) is 51.5 Å². The van der Waals surface area contributed by atoms with Crippen molar-refractivity contribution in [2.45, 2.75) is 100 Å². The lowest BCUT2D eigenvalue weighted by Gasteiger charge is -2.71. The molecule has 4 saturated carbocycles. The molecule has 9 atom stereocenters. The van der Waals surface area contributed by atoms with Crippen molar-refractivity contribution in [2.75, 3.05) is 0 Å². The predicted molar refractivity (Wildman–Crippen MR) is 151 cm³/mol. The van der Waals surface area contributed by atoms with Crippen molar-refractivity contribution in [1.82, 2.24) is 10.9 Å². The van der Waals surface area contributed by atoms with E-state index in [0.717, 1.165) is 38.5 Å². The maximum Gasteiger partial charge on any atom is 0.241 e. The number of rotatable bonds is 1. The number of nitrogens with one attached hydrogen (secondary N) is 2. The summed E-state index contributed by atoms with van der Waals surface area (Å²) in [7, 11) is 0. The maximum absolute atomic E-state index is 14.5. The fraction of sp³-hybridized carbons (Fsp3) is 0.788. The van der Waals surface area contributed by atoms with Gasteiger partial charge in [0.15, 0.2) is 5.78 Å². The summed E-state index contributed by atoms with van der Waals surface area (Å²) in [6.45, 7) is 16.7. The number of ketones is 2. The Morgan fingerprint density at radius 2 is 1.55 bits per heavy atom. The summed E-state index contributed by atoms with van der Waals surface area (Å²) in [5, 5.41) is 9.90. The molecule has 5 aliphatic carbocycles. The summed E-state index contributed by atoms with van der Waals surface area (Å²) in [4.78, 5) is 52.5. The molecule has 0 unspecified atom stereocenters. The van der Waals surface area contributed by atoms with Gasteiger partial charge >= 0.3 is 0 Å². The zero-order valence-corrected chi connectivity index (χ0v) is 25.6. The third-order valence-corrected chi connectivity index (χ3v) is 13.0. The highest BCUT2D eigenvalue weighted by atomic mass is 16.2. The first-order valence-electron chi connectivity index (χ1n) is 15.2. The average Bonchev–Trinajstić information content (AvgIpc) is 2.85. The molecular formula is C33H47N3O4. The van der Waals surface area contributed by atoms with E-state index < -0.39 is 10.8 Å². The maximum atomic E-state index is 14.5. The van der Waals surface area contributed by atoms with Crippen LogP contribution in [0.5, 0.6) is 0 Å². The number of Topliss-reactive ketones (excluding diaryl/α,β-unsaturated/α-hetero) is 2. The van der Waals surface area contributed by atoms with Crippen LogP contribution in [0.2, 0.25) is 0 Å². The van der Waals surface area contributed by atoms with Crippen LogP contribution in [0.3, 0.4) is 0 Å². The first kappa shape index (κ1) is 29.0. The number of fused-ring (bicyclic) bond motifs is 7. The lowest BCUT2D eigenvalue weighted by Crippen LogP contribution is -2.68. The fourth-order valence-electron chi connectivity index (χ4n) is 11.2. The van der Waals surface area contributed by atoms with E-state index in [-0.39, 0.29) is 74.9 Å². The normalized spacial score (nSPS) is 44.9. The molecule has 0 heterocycles. The zero-order chi connectivity index (χ0) is 29.6. The molecule has 0 aromatic carbocycles. The number of amides is 2. The summed E-state index contributed by atoms with van der Waals surface area (Å²) < 4.78 is 0. The van der Waals surface area contributed by atoms with Crippen molar-refractivity contribution in [2.24, 2.45) is 62.6 Å². The summed E-state index contributed by atoms with van der Waals surface area (Å²) in [5.74, 6) is -0.245. The standard InChI is InChI=1S/C33H47N3O4/c1-18(37)35-36-28(40)22-16-29(2,3)15-21-20(22)9-11-33(8)26(21)23(38)13-25-31(6)14-19(17-34)27(39)30(4,5)24(31)10-12-32(25,33)7/h14,20-22,24-26H,9-13,15-16H2,1-8H3,(H,35,37)(H,36,40)/t20-,21-,22+,24-,25+,26-,31-,32+,33+/m0/s1. The minimum atomic E-state index is -0.643. The Morgan fingerprint density at radius 3 is 2.17 bits per heavy atom. The minimum Gasteiger partial charge on any atom is -0.299 e. The van der Waals surface area contributed by atoms with Crippen molar-refractivity contribution in [3.63, 3.8) is 0 Å². The lowest BCUT2D eigenvalue weighted by atomic mass is 9.32. The largest absolute Gasteiger partial charge is 0.299 e. The number of carbonyl (C=O) groups excluding carboxylic acids is 4. The van der Waals surface area contributed by atoms with Crippen molar-refractivity contribution < 1.29 is 19.2 Å². The Morgan fingerprint density at radius 1 is 0.900 bits per heavy atom. The summed E-state index contributed by atoms with van der Waals surface area (Å²) in [6.07, 6.45) is 7.66. The zero-order valence-electron chi connectivity index (χ0n) is 25.6. The minimum absolute atomic E-state index is 0.0511. The smallest absolute Gasteiger partial charge is 0.241 e. The van der Waals surface area contributed by atoms with Crippen LogP contribution < -0.4 is 10.9 Å². The quantitative estimate of drug-likeness (QED) is 0.430. The molecule has 0 aliphatic heterocycles. The van der Waals surface area contributed by atoms with Gasteiger partial charge in [0.25, 0.3) is 0 Å². The van der Waals surface area contributed by atoms with Gasteiger partial charge in [-0.2, -0.15) is 5.26 Å². The molecule has 0 saturated heterocycles. The Kier molecular flexibility index (Phi) is 6.53. The first-order valence-corrected chi connectivity index (χ1v) is 15.2. The second-order valence-electron chi connectivity index (χ2n) is 15.9. The van der Waals surface area contributed by atoms with Crippen LogP contribution in [0.4, 0.5) is 0 Å². The van der Waals surface area contributed by atoms with Gasteiger partial charge in [0.2, 0.25) is 11.8 Å². The van der Waals surface area contributed by atoms with E-state index >= 15 is 0 Å². The fourth-order valence-corrected chi connectivity index (χ4v) is 11.2. The second-order valence-corrected chi connectivity index (χ2v) is 15.9. The highest BCUT2D eigenvalue weighted by Crippen LogP contribution is 2.74. The summed E-state index contributed by atoms with van der Waals surface area (Å²) >= 11 is 0. The van der Waals surface area contributed by atoms with Crippen LogP contribution in [0.25, 0.3) is 0 Å². The van der Waals surface area contributed by atoms with E-state index in [1.54, 1.807) is 0 Å². The van der Waals surface area contributed by atoms with Crippen LogP contribution in [-0.4, -0.2) is 23.4 Å². The molecule has 0 aromatic rings. The van der Waals surface area contributed by atoms with Gasteiger partial charge in [0, 0.05) is 30.6 Å². The molecule has 7 nitrogen and oxygen atoms in total. The molecule has 5 rings (SSSR count). The van der Waals surface area contributed by atoms with Gasteiger partial charge in [-0.1, -0.05) is 54.5 Å². The molecule has 218 valence electrons. The van der Waals surface area contributed by atoms with Crippen LogP contribution in [0.1, 0.15) is 100 Å². The third kappa shape index (κ3) is 3.87. The van der Waals surface area contributed by atoms with Gasteiger partial charge in [-0.3, -0.25) is 30.0 Å². The molecule has 2 amide bonds. The third-order valence-electron chi connectivity index (χ3n) is 13.0. The molecule has 0 spiro atoms. The van der Waals surface area contributed by atoms with E-state index in [1.165, 1.54) is 6.92 Å². The monoisotopic (exact) mass is 549 g/mol. The second kappa shape index (κ2) is 9.00. The molecule has 7 heteroatoms. The number of allylic oxidation sites excluding steroid dienone is 2. The highest BCUT2D eigenvalue weighted by molar-refractivity contribution is 6.04. The van der Waals surface area contributed by atoms with Crippen molar-refractivity contribution in [3.8, 4) is 6.07 Å². The molecular weight excluding hydrogens is 502 g/mol. The van der Waals surface area contributed by atoms with E-state index in [4.69, 9.17) is 0 Å². The SMILES string of the molecule is CC(=O)NNC(=O)[C@@H]1CC(C)(C)C[C@H]2[C@@H]1CC[C@]1(C)[C@@H]2C(=O)C[C@@H]2[C@@]3(C)C=C(C#N)C(=O)C(C)(C)[C@@H]3CC[C@]21C. The van der Waals surface area contributed by atoms with Crippen molar-refractivity contribution in [3.05, 3.63) is 11.6 Å².